The van der Waals surface area contributed by atoms with Crippen LogP contribution in [-0.4, -0.2) is 53.9 Å². The zero-order chi connectivity index (χ0) is 33.1. The Morgan fingerprint density at radius 3 is 2.39 bits per heavy atom. The number of halogens is 2. The van der Waals surface area contributed by atoms with Crippen LogP contribution < -0.4 is 22.1 Å². The van der Waals surface area contributed by atoms with Crippen molar-refractivity contribution in [2.45, 2.75) is 46.1 Å². The quantitative estimate of drug-likeness (QED) is 0.0566. The number of hydrogen-bond acceptors (Lipinski definition) is 6. The lowest BCUT2D eigenvalue weighted by molar-refractivity contribution is -0.145. The molecule has 12 heteroatoms. The molecule has 0 fully saturated rings. The van der Waals surface area contributed by atoms with E-state index in [1.54, 1.807) is 41.2 Å². The highest BCUT2D eigenvalue weighted by Crippen LogP contribution is 2.28. The minimum Gasteiger partial charge on any atom is -0.467 e. The Labute approximate surface area is 270 Å². The van der Waals surface area contributed by atoms with Crippen LogP contribution in [-0.2, 0) is 14.3 Å². The first-order valence-corrected chi connectivity index (χ1v) is 14.9. The predicted octanol–water partition coefficient (Wildman–Crippen LogP) is 6.11. The van der Waals surface area contributed by atoms with Crippen molar-refractivity contribution in [2.75, 3.05) is 25.5 Å². The molecule has 0 aliphatic heterocycles. The number of rotatable bonds is 16. The molecule has 1 amide bonds. The molecule has 0 radical (unpaired) electrons. The van der Waals surface area contributed by atoms with Crippen LogP contribution in [0.3, 0.4) is 0 Å². The normalized spacial score (nSPS) is 12.0. The van der Waals surface area contributed by atoms with Crippen molar-refractivity contribution >= 4 is 53.1 Å². The molecule has 2 aromatic rings. The van der Waals surface area contributed by atoms with E-state index < -0.39 is 12.0 Å². The number of ether oxygens (including phenoxy) is 1. The number of aliphatic imine (C=N–C) groups is 1. The largest absolute Gasteiger partial charge is 0.467 e. The number of allylic oxidation sites excluding steroid dienone is 7. The molecule has 44 heavy (non-hydrogen) atoms. The summed E-state index contributed by atoms with van der Waals surface area (Å²) in [5, 5.41) is 11.6. The number of carbonyl (C=O) groups is 2. The lowest BCUT2D eigenvalue weighted by Gasteiger charge is -2.16. The number of benzene rings is 1. The second-order valence-electron chi connectivity index (χ2n) is 8.91. The third-order valence-electron chi connectivity index (χ3n) is 5.88. The molecule has 238 valence electrons. The number of methoxy groups -OCH3 is 1. The van der Waals surface area contributed by atoms with Gasteiger partial charge in [-0.15, -0.1) is 0 Å². The zero-order valence-corrected chi connectivity index (χ0v) is 27.3. The Hall–Kier alpha value is -4.28. The highest BCUT2D eigenvalue weighted by atomic mass is 35.5. The number of nitrogens with one attached hydrogen (secondary N) is 2. The molecule has 2 rings (SSSR count). The first-order valence-electron chi connectivity index (χ1n) is 14.1. The SMILES string of the molecule is C=C/C=C(/C=C/n1nc(-c2cc(Cl)cc(Cl)c2)cc1NCCC(=O)NC(CCCN=C(N)N)C(=O)OC)C(\C=C)=C/C.CC. The Balaban J connectivity index is 0.00000474. The van der Waals surface area contributed by atoms with E-state index in [1.165, 1.54) is 7.11 Å². The number of carbonyl (C=O) groups excluding carboxylic acids is 2. The number of nitrogens with zero attached hydrogens (tertiary/aromatic N) is 3. The first-order chi connectivity index (χ1) is 21.1. The number of esters is 1. The van der Waals surface area contributed by atoms with E-state index in [9.17, 15) is 9.59 Å². The van der Waals surface area contributed by atoms with Crippen LogP contribution >= 0.6 is 23.2 Å². The van der Waals surface area contributed by atoms with Crippen LogP contribution in [0.15, 0.2) is 83.9 Å². The maximum Gasteiger partial charge on any atom is 0.328 e. The van der Waals surface area contributed by atoms with Gasteiger partial charge in [0.05, 0.1) is 12.8 Å². The van der Waals surface area contributed by atoms with E-state index in [2.05, 4.69) is 28.8 Å². The van der Waals surface area contributed by atoms with Crippen molar-refractivity contribution in [3.05, 3.63) is 89.0 Å². The molecule has 0 aliphatic rings. The van der Waals surface area contributed by atoms with E-state index >= 15 is 0 Å². The van der Waals surface area contributed by atoms with Crippen molar-refractivity contribution in [1.29, 1.82) is 0 Å². The predicted molar refractivity (Wildman–Crippen MR) is 184 cm³/mol. The van der Waals surface area contributed by atoms with Crippen LogP contribution in [0.4, 0.5) is 5.82 Å². The average molecular weight is 645 g/mol. The lowest BCUT2D eigenvalue weighted by atomic mass is 10.1. The molecule has 1 aromatic carbocycles. The number of hydrogen-bond donors (Lipinski definition) is 4. The van der Waals surface area contributed by atoms with Gasteiger partial charge < -0.3 is 26.8 Å². The van der Waals surface area contributed by atoms with Gasteiger partial charge in [-0.1, -0.05) is 74.5 Å². The summed E-state index contributed by atoms with van der Waals surface area (Å²) in [5.74, 6) is -0.294. The molecule has 1 heterocycles. The van der Waals surface area contributed by atoms with Crippen LogP contribution in [0.2, 0.25) is 10.0 Å². The number of anilines is 1. The van der Waals surface area contributed by atoms with Crippen molar-refractivity contribution in [1.82, 2.24) is 15.1 Å². The second-order valence-corrected chi connectivity index (χ2v) is 9.78. The molecule has 0 saturated carbocycles. The molecule has 1 atom stereocenters. The van der Waals surface area contributed by atoms with Gasteiger partial charge in [0, 0.05) is 47.4 Å². The average Bonchev–Trinajstić information content (AvgIpc) is 3.40. The third kappa shape index (κ3) is 12.9. The van der Waals surface area contributed by atoms with Crippen molar-refractivity contribution in [3.63, 3.8) is 0 Å². The molecule has 0 aliphatic carbocycles. The van der Waals surface area contributed by atoms with Gasteiger partial charge >= 0.3 is 5.97 Å². The van der Waals surface area contributed by atoms with E-state index in [1.807, 2.05) is 45.1 Å². The van der Waals surface area contributed by atoms with E-state index in [0.29, 0.717) is 40.9 Å². The van der Waals surface area contributed by atoms with E-state index in [0.717, 1.165) is 16.7 Å². The zero-order valence-electron chi connectivity index (χ0n) is 25.8. The highest BCUT2D eigenvalue weighted by Gasteiger charge is 2.21. The molecule has 6 N–H and O–H groups in total. The first kappa shape index (κ1) is 37.7. The molecule has 0 spiro atoms. The number of amides is 1. The highest BCUT2D eigenvalue weighted by molar-refractivity contribution is 6.35. The van der Waals surface area contributed by atoms with Gasteiger partial charge in [0.15, 0.2) is 5.96 Å². The molecular formula is C32H43Cl2N7O3. The van der Waals surface area contributed by atoms with E-state index in [-0.39, 0.29) is 24.8 Å². The van der Waals surface area contributed by atoms with Gasteiger partial charge in [-0.05, 0) is 55.2 Å². The monoisotopic (exact) mass is 643 g/mol. The fraction of sp³-hybridized carbons (Fsp3) is 0.312. The van der Waals surface area contributed by atoms with Gasteiger partial charge in [0.25, 0.3) is 0 Å². The molecule has 1 unspecified atom stereocenters. The topological polar surface area (TPSA) is 150 Å². The summed E-state index contributed by atoms with van der Waals surface area (Å²) < 4.78 is 6.47. The van der Waals surface area contributed by atoms with E-state index in [4.69, 9.17) is 44.5 Å². The number of nitrogens with two attached hydrogens (primary N) is 2. The molecule has 0 bridgehead atoms. The fourth-order valence-corrected chi connectivity index (χ4v) is 4.40. The van der Waals surface area contributed by atoms with Crippen LogP contribution in [0.5, 0.6) is 0 Å². The van der Waals surface area contributed by atoms with Crippen LogP contribution in [0.25, 0.3) is 17.5 Å². The van der Waals surface area contributed by atoms with Crippen molar-refractivity contribution < 1.29 is 14.3 Å². The van der Waals surface area contributed by atoms with Gasteiger partial charge in [-0.2, -0.15) is 5.10 Å². The standard InChI is InChI=1S/C30H37Cl2N7O3.C2H6/c1-5-9-21(20(6-2)7-3)12-15-39-27(19-26(38-39)22-16-23(31)18-24(32)17-22)35-14-11-28(40)37-25(29(41)42-4)10-8-13-36-30(33)34;1-2/h5-7,9,12,15-19,25,35H,1-2,8,10-11,13-14H2,3-4H3,(H,37,40)(H4,33,34,36);1-2H3/b15-12+,20-7-,21-9-;. The lowest BCUT2D eigenvalue weighted by Crippen LogP contribution is -2.42. The molecular weight excluding hydrogens is 601 g/mol. The van der Waals surface area contributed by atoms with Gasteiger partial charge in [0.2, 0.25) is 5.91 Å². The Morgan fingerprint density at radius 1 is 1.14 bits per heavy atom. The maximum absolute atomic E-state index is 12.7. The summed E-state index contributed by atoms with van der Waals surface area (Å²) in [6, 6.07) is 6.18. The maximum atomic E-state index is 12.7. The van der Waals surface area contributed by atoms with Gasteiger partial charge in [-0.3, -0.25) is 9.79 Å². The summed E-state index contributed by atoms with van der Waals surface area (Å²) in [4.78, 5) is 28.8. The van der Waals surface area contributed by atoms with Crippen molar-refractivity contribution in [3.8, 4) is 11.3 Å². The summed E-state index contributed by atoms with van der Waals surface area (Å²) in [5.41, 5.74) is 13.8. The molecule has 10 nitrogen and oxygen atoms in total. The smallest absolute Gasteiger partial charge is 0.328 e. The van der Waals surface area contributed by atoms with Gasteiger partial charge in [0.1, 0.15) is 11.9 Å². The summed E-state index contributed by atoms with van der Waals surface area (Å²) in [6.07, 6.45) is 11.8. The Kier molecular flexibility index (Phi) is 17.7. The fourth-order valence-electron chi connectivity index (χ4n) is 3.88. The summed E-state index contributed by atoms with van der Waals surface area (Å²) in [7, 11) is 1.27. The van der Waals surface area contributed by atoms with Gasteiger partial charge in [-0.25, -0.2) is 9.48 Å². The Morgan fingerprint density at radius 2 is 1.82 bits per heavy atom. The number of guanidine groups is 1. The summed E-state index contributed by atoms with van der Waals surface area (Å²) >= 11 is 12.4. The van der Waals surface area contributed by atoms with Crippen LogP contribution in [0.1, 0.15) is 40.0 Å². The van der Waals surface area contributed by atoms with Crippen molar-refractivity contribution in [2.24, 2.45) is 16.5 Å². The molecule has 0 saturated heterocycles. The third-order valence-corrected chi connectivity index (χ3v) is 6.31. The minimum atomic E-state index is -0.815. The number of aromatic nitrogens is 2. The second kappa shape index (κ2) is 20.6. The Bertz CT molecular complexity index is 1370. The summed E-state index contributed by atoms with van der Waals surface area (Å²) in [6.45, 7) is 14.2. The van der Waals surface area contributed by atoms with Crippen LogP contribution in [0, 0.1) is 0 Å². The minimum absolute atomic E-state index is 0.0358. The molecule has 1 aromatic heterocycles.